The van der Waals surface area contributed by atoms with Gasteiger partial charge in [-0.25, -0.2) is 0 Å². The van der Waals surface area contributed by atoms with Gasteiger partial charge in [0, 0.05) is 0 Å². The van der Waals surface area contributed by atoms with Crippen LogP contribution in [0.4, 0.5) is 0 Å². The summed E-state index contributed by atoms with van der Waals surface area (Å²) >= 11 is 0. The van der Waals surface area contributed by atoms with Crippen molar-refractivity contribution in [2.24, 2.45) is 0 Å². The van der Waals surface area contributed by atoms with Crippen LogP contribution in [0.3, 0.4) is 0 Å². The number of aliphatic hydroxyl groups excluding tert-OH is 4. The van der Waals surface area contributed by atoms with Gasteiger partial charge in [0.2, 0.25) is 5.91 Å². The van der Waals surface area contributed by atoms with Crippen molar-refractivity contribution in [3.8, 4) is 0 Å². The van der Waals surface area contributed by atoms with Crippen LogP contribution in [0, 0.1) is 0 Å². The molecule has 0 saturated heterocycles. The molecule has 6 nitrogen and oxygen atoms in total. The number of carbonyl (C=O) groups is 1. The van der Waals surface area contributed by atoms with Crippen LogP contribution in [0.5, 0.6) is 0 Å². The summed E-state index contributed by atoms with van der Waals surface area (Å²) in [4.78, 5) is 12.5. The Morgan fingerprint density at radius 2 is 0.667 bits per heavy atom. The average Bonchev–Trinajstić information content (AvgIpc) is 3.13. The van der Waals surface area contributed by atoms with Crippen molar-refractivity contribution in [2.45, 2.75) is 276 Å². The molecule has 0 aliphatic heterocycles. The van der Waals surface area contributed by atoms with Gasteiger partial charge in [-0.1, -0.05) is 239 Å². The molecular formula is C45H91NO5. The minimum absolute atomic E-state index is 0.376. The molecule has 0 aromatic rings. The van der Waals surface area contributed by atoms with Gasteiger partial charge in [0.1, 0.15) is 12.2 Å². The molecule has 0 aliphatic carbocycles. The van der Waals surface area contributed by atoms with Crippen LogP contribution in [0.25, 0.3) is 0 Å². The van der Waals surface area contributed by atoms with Crippen molar-refractivity contribution in [1.29, 1.82) is 0 Å². The number of aliphatic hydroxyl groups is 4. The van der Waals surface area contributed by atoms with Crippen LogP contribution in [0.15, 0.2) is 0 Å². The molecule has 0 aromatic heterocycles. The number of hydrogen-bond acceptors (Lipinski definition) is 5. The second kappa shape index (κ2) is 40.5. The molecule has 0 bridgehead atoms. The van der Waals surface area contributed by atoms with Crippen LogP contribution in [0.1, 0.15) is 251 Å². The SMILES string of the molecule is CCCCCCCCCCCCCCCCCCCCCCCCCC(O)C(=O)N[C@H](CO)[C@H](O)C(O)CCCCCCCCCCCCCC. The molecule has 0 rings (SSSR count). The second-order valence-electron chi connectivity index (χ2n) is 16.1. The summed E-state index contributed by atoms with van der Waals surface area (Å²) in [5, 5.41) is 43.7. The highest BCUT2D eigenvalue weighted by Crippen LogP contribution is 2.17. The van der Waals surface area contributed by atoms with Gasteiger partial charge in [-0.15, -0.1) is 0 Å². The van der Waals surface area contributed by atoms with Crippen LogP contribution in [0.2, 0.25) is 0 Å². The molecule has 6 heteroatoms. The molecule has 0 saturated carbocycles. The molecule has 2 unspecified atom stereocenters. The monoisotopic (exact) mass is 726 g/mol. The summed E-state index contributed by atoms with van der Waals surface area (Å²) < 4.78 is 0. The lowest BCUT2D eigenvalue weighted by Gasteiger charge is -2.27. The normalized spacial score (nSPS) is 14.1. The lowest BCUT2D eigenvalue weighted by Crippen LogP contribution is -2.53. The van der Waals surface area contributed by atoms with E-state index in [1.54, 1.807) is 0 Å². The summed E-state index contributed by atoms with van der Waals surface area (Å²) in [5.74, 6) is -0.579. The molecule has 0 fully saturated rings. The Kier molecular flexibility index (Phi) is 39.9. The first-order chi connectivity index (χ1) is 25.0. The third kappa shape index (κ3) is 34.8. The number of unbranched alkanes of at least 4 members (excludes halogenated alkanes) is 33. The quantitative estimate of drug-likeness (QED) is 0.0402. The molecule has 0 spiro atoms. The molecule has 0 aliphatic rings. The first-order valence-electron chi connectivity index (χ1n) is 22.9. The summed E-state index contributed by atoms with van der Waals surface area (Å²) in [5.41, 5.74) is 0. The Morgan fingerprint density at radius 3 is 0.941 bits per heavy atom. The zero-order valence-electron chi connectivity index (χ0n) is 34.4. The summed E-state index contributed by atoms with van der Waals surface area (Å²) in [6.07, 6.45) is 42.8. The van der Waals surface area contributed by atoms with Crippen molar-refractivity contribution < 1.29 is 25.2 Å². The number of hydrogen-bond donors (Lipinski definition) is 5. The number of rotatable bonds is 42. The van der Waals surface area contributed by atoms with Gasteiger partial charge in [-0.05, 0) is 12.8 Å². The van der Waals surface area contributed by atoms with Gasteiger partial charge in [-0.2, -0.15) is 0 Å². The van der Waals surface area contributed by atoms with E-state index in [4.69, 9.17) is 0 Å². The zero-order valence-corrected chi connectivity index (χ0v) is 34.4. The van der Waals surface area contributed by atoms with Gasteiger partial charge in [-0.3, -0.25) is 4.79 Å². The van der Waals surface area contributed by atoms with Crippen molar-refractivity contribution in [1.82, 2.24) is 5.32 Å². The Hall–Kier alpha value is -0.690. The Balaban J connectivity index is 3.63. The van der Waals surface area contributed by atoms with Crippen molar-refractivity contribution in [3.05, 3.63) is 0 Å². The second-order valence-corrected chi connectivity index (χ2v) is 16.1. The Morgan fingerprint density at radius 1 is 0.412 bits per heavy atom. The highest BCUT2D eigenvalue weighted by atomic mass is 16.3. The maximum atomic E-state index is 12.5. The number of nitrogens with one attached hydrogen (secondary N) is 1. The van der Waals surface area contributed by atoms with E-state index < -0.39 is 36.9 Å². The topological polar surface area (TPSA) is 110 Å². The molecule has 0 radical (unpaired) electrons. The van der Waals surface area contributed by atoms with Gasteiger partial charge >= 0.3 is 0 Å². The Labute approximate surface area is 318 Å². The predicted octanol–water partition coefficient (Wildman–Crippen LogP) is 12.0. The van der Waals surface area contributed by atoms with Gasteiger partial charge in [0.15, 0.2) is 0 Å². The lowest BCUT2D eigenvalue weighted by atomic mass is 9.99. The highest BCUT2D eigenvalue weighted by molar-refractivity contribution is 5.80. The Bertz CT molecular complexity index is 692. The van der Waals surface area contributed by atoms with Crippen LogP contribution in [-0.4, -0.2) is 57.3 Å². The maximum absolute atomic E-state index is 12.5. The van der Waals surface area contributed by atoms with Gasteiger partial charge in [0.25, 0.3) is 0 Å². The van der Waals surface area contributed by atoms with E-state index in [1.807, 2.05) is 0 Å². The van der Waals surface area contributed by atoms with E-state index in [9.17, 15) is 25.2 Å². The van der Waals surface area contributed by atoms with E-state index in [0.717, 1.165) is 38.5 Å². The summed E-state index contributed by atoms with van der Waals surface area (Å²) in [6.45, 7) is 4.06. The van der Waals surface area contributed by atoms with E-state index in [2.05, 4.69) is 19.2 Å². The van der Waals surface area contributed by atoms with Crippen molar-refractivity contribution >= 4 is 5.91 Å². The fourth-order valence-electron chi connectivity index (χ4n) is 7.41. The lowest BCUT2D eigenvalue weighted by molar-refractivity contribution is -0.132. The maximum Gasteiger partial charge on any atom is 0.249 e. The fourth-order valence-corrected chi connectivity index (χ4v) is 7.41. The van der Waals surface area contributed by atoms with Crippen molar-refractivity contribution in [2.75, 3.05) is 6.61 Å². The molecule has 1 amide bonds. The van der Waals surface area contributed by atoms with Gasteiger partial charge in [0.05, 0.1) is 18.8 Å². The number of carbonyl (C=O) groups excluding carboxylic acids is 1. The fraction of sp³-hybridized carbons (Fsp3) is 0.978. The first kappa shape index (κ1) is 50.3. The van der Waals surface area contributed by atoms with Crippen LogP contribution < -0.4 is 5.32 Å². The van der Waals surface area contributed by atoms with E-state index in [0.29, 0.717) is 12.8 Å². The van der Waals surface area contributed by atoms with Crippen LogP contribution >= 0.6 is 0 Å². The van der Waals surface area contributed by atoms with E-state index >= 15 is 0 Å². The van der Waals surface area contributed by atoms with E-state index in [1.165, 1.54) is 186 Å². The standard InChI is InChI=1S/C45H91NO5/c1-3-5-7-9-11-13-15-17-18-19-20-21-22-23-24-25-26-27-29-31-33-35-37-39-43(49)45(51)46-41(40-47)44(50)42(48)38-36-34-32-30-28-16-14-12-10-8-6-4-2/h41-44,47-50H,3-40H2,1-2H3,(H,46,51)/t41-,42?,43?,44+/m1/s1. The predicted molar refractivity (Wildman–Crippen MR) is 219 cm³/mol. The van der Waals surface area contributed by atoms with Crippen molar-refractivity contribution in [3.63, 3.8) is 0 Å². The van der Waals surface area contributed by atoms with Gasteiger partial charge < -0.3 is 25.7 Å². The third-order valence-electron chi connectivity index (χ3n) is 11.1. The third-order valence-corrected chi connectivity index (χ3v) is 11.1. The average molecular weight is 726 g/mol. The minimum atomic E-state index is -1.25. The largest absolute Gasteiger partial charge is 0.394 e. The molecule has 0 heterocycles. The molecule has 306 valence electrons. The minimum Gasteiger partial charge on any atom is -0.394 e. The molecule has 0 aromatic carbocycles. The molecule has 51 heavy (non-hydrogen) atoms. The molecule has 5 N–H and O–H groups in total. The summed E-state index contributed by atoms with van der Waals surface area (Å²) in [7, 11) is 0. The first-order valence-corrected chi connectivity index (χ1v) is 22.9. The smallest absolute Gasteiger partial charge is 0.249 e. The van der Waals surface area contributed by atoms with Crippen LogP contribution in [-0.2, 0) is 4.79 Å². The molecule has 4 atom stereocenters. The number of amides is 1. The highest BCUT2D eigenvalue weighted by Gasteiger charge is 2.28. The van der Waals surface area contributed by atoms with E-state index in [-0.39, 0.29) is 0 Å². The summed E-state index contributed by atoms with van der Waals surface area (Å²) in [6, 6.07) is -0.978. The molecular weight excluding hydrogens is 634 g/mol. The zero-order chi connectivity index (χ0) is 37.5.